The molecule has 1 amide bonds. The van der Waals surface area contributed by atoms with Crippen molar-refractivity contribution in [1.29, 1.82) is 0 Å². The zero-order chi connectivity index (χ0) is 14.4. The highest BCUT2D eigenvalue weighted by molar-refractivity contribution is 5.80. The van der Waals surface area contributed by atoms with E-state index in [0.717, 1.165) is 11.1 Å². The van der Waals surface area contributed by atoms with Crippen molar-refractivity contribution in [3.05, 3.63) is 54.6 Å². The van der Waals surface area contributed by atoms with E-state index in [0.29, 0.717) is 12.3 Å². The highest BCUT2D eigenvalue weighted by Crippen LogP contribution is 2.22. The van der Waals surface area contributed by atoms with E-state index in [1.807, 2.05) is 49.4 Å². The molecular formula is C17H19NO2. The normalized spacial score (nSPS) is 11.7. The van der Waals surface area contributed by atoms with Gasteiger partial charge in [0.15, 0.2) is 6.10 Å². The van der Waals surface area contributed by atoms with Crippen molar-refractivity contribution in [3.8, 4) is 16.9 Å². The van der Waals surface area contributed by atoms with Crippen LogP contribution >= 0.6 is 0 Å². The second-order valence-electron chi connectivity index (χ2n) is 4.55. The van der Waals surface area contributed by atoms with Crippen LogP contribution in [0.1, 0.15) is 13.8 Å². The van der Waals surface area contributed by atoms with E-state index in [-0.39, 0.29) is 5.91 Å². The molecule has 0 aromatic heterocycles. The van der Waals surface area contributed by atoms with E-state index < -0.39 is 6.10 Å². The van der Waals surface area contributed by atoms with E-state index in [9.17, 15) is 4.79 Å². The summed E-state index contributed by atoms with van der Waals surface area (Å²) in [6.07, 6.45) is -0.488. The molecule has 2 rings (SSSR count). The first-order valence-corrected chi connectivity index (χ1v) is 6.80. The molecular weight excluding hydrogens is 250 g/mol. The standard InChI is InChI=1S/C17H19NO2/c1-3-18-17(19)13(2)20-16-11-9-15(10-12-16)14-7-5-4-6-8-14/h4-13H,3H2,1-2H3,(H,18,19)/t13-/m1/s1. The molecule has 104 valence electrons. The molecule has 0 bridgehead atoms. The van der Waals surface area contributed by atoms with Gasteiger partial charge in [-0.3, -0.25) is 4.79 Å². The summed E-state index contributed by atoms with van der Waals surface area (Å²) in [5.74, 6) is 0.600. The summed E-state index contributed by atoms with van der Waals surface area (Å²) in [5.41, 5.74) is 2.29. The summed E-state index contributed by atoms with van der Waals surface area (Å²) in [7, 11) is 0. The Kier molecular flexibility index (Phi) is 4.77. The number of ether oxygens (including phenoxy) is 1. The third-order valence-electron chi connectivity index (χ3n) is 2.99. The van der Waals surface area contributed by atoms with Gasteiger partial charge in [-0.05, 0) is 37.1 Å². The molecule has 0 spiro atoms. The second-order valence-corrected chi connectivity index (χ2v) is 4.55. The Balaban J connectivity index is 2.04. The fraction of sp³-hybridized carbons (Fsp3) is 0.235. The van der Waals surface area contributed by atoms with Crippen molar-refractivity contribution >= 4 is 5.91 Å². The molecule has 0 unspecified atom stereocenters. The van der Waals surface area contributed by atoms with Crippen LogP contribution in [0.5, 0.6) is 5.75 Å². The summed E-state index contributed by atoms with van der Waals surface area (Å²) in [6, 6.07) is 17.9. The van der Waals surface area contributed by atoms with Crippen LogP contribution in [-0.4, -0.2) is 18.6 Å². The Labute approximate surface area is 119 Å². The average Bonchev–Trinajstić information content (AvgIpc) is 2.49. The second kappa shape index (κ2) is 6.75. The highest BCUT2D eigenvalue weighted by Gasteiger charge is 2.13. The van der Waals surface area contributed by atoms with Crippen LogP contribution in [0.3, 0.4) is 0 Å². The quantitative estimate of drug-likeness (QED) is 0.904. The summed E-state index contributed by atoms with van der Waals surface area (Å²) in [6.45, 7) is 4.24. The third kappa shape index (κ3) is 3.60. The van der Waals surface area contributed by atoms with Gasteiger partial charge < -0.3 is 10.1 Å². The molecule has 3 heteroatoms. The van der Waals surface area contributed by atoms with Crippen LogP contribution in [0, 0.1) is 0 Å². The number of amides is 1. The van der Waals surface area contributed by atoms with Gasteiger partial charge in [0.1, 0.15) is 5.75 Å². The maximum atomic E-state index is 11.6. The van der Waals surface area contributed by atoms with Gasteiger partial charge in [0, 0.05) is 6.54 Å². The number of likely N-dealkylation sites (N-methyl/N-ethyl adjacent to an activating group) is 1. The van der Waals surface area contributed by atoms with Gasteiger partial charge in [0.05, 0.1) is 0 Å². The van der Waals surface area contributed by atoms with Gasteiger partial charge in [-0.25, -0.2) is 0 Å². The van der Waals surface area contributed by atoms with E-state index >= 15 is 0 Å². The zero-order valence-electron chi connectivity index (χ0n) is 11.8. The molecule has 0 aliphatic rings. The molecule has 0 radical (unpaired) electrons. The summed E-state index contributed by atoms with van der Waals surface area (Å²) < 4.78 is 5.61. The van der Waals surface area contributed by atoms with Gasteiger partial charge in [0.25, 0.3) is 5.91 Å². The predicted octanol–water partition coefficient (Wildman–Crippen LogP) is 3.26. The fourth-order valence-corrected chi connectivity index (χ4v) is 1.93. The smallest absolute Gasteiger partial charge is 0.260 e. The maximum absolute atomic E-state index is 11.6. The Hall–Kier alpha value is -2.29. The van der Waals surface area contributed by atoms with Crippen LogP contribution < -0.4 is 10.1 Å². The number of hydrogen-bond acceptors (Lipinski definition) is 2. The molecule has 1 atom stereocenters. The Morgan fingerprint density at radius 1 is 1.05 bits per heavy atom. The number of hydrogen-bond donors (Lipinski definition) is 1. The lowest BCUT2D eigenvalue weighted by Crippen LogP contribution is -2.36. The van der Waals surface area contributed by atoms with Crippen molar-refractivity contribution in [3.63, 3.8) is 0 Å². The van der Waals surface area contributed by atoms with E-state index in [1.165, 1.54) is 0 Å². The number of rotatable bonds is 5. The van der Waals surface area contributed by atoms with Crippen LogP contribution in [0.25, 0.3) is 11.1 Å². The Morgan fingerprint density at radius 2 is 1.65 bits per heavy atom. The molecule has 0 saturated heterocycles. The van der Waals surface area contributed by atoms with Crippen LogP contribution in [0.4, 0.5) is 0 Å². The molecule has 2 aromatic carbocycles. The Morgan fingerprint density at radius 3 is 2.25 bits per heavy atom. The monoisotopic (exact) mass is 269 g/mol. The largest absolute Gasteiger partial charge is 0.481 e. The molecule has 0 saturated carbocycles. The first-order valence-electron chi connectivity index (χ1n) is 6.80. The summed E-state index contributed by atoms with van der Waals surface area (Å²) in [5, 5.41) is 2.74. The maximum Gasteiger partial charge on any atom is 0.260 e. The fourth-order valence-electron chi connectivity index (χ4n) is 1.93. The van der Waals surface area contributed by atoms with Crippen molar-refractivity contribution in [2.75, 3.05) is 6.54 Å². The van der Waals surface area contributed by atoms with Gasteiger partial charge in [-0.2, -0.15) is 0 Å². The minimum absolute atomic E-state index is 0.0976. The van der Waals surface area contributed by atoms with Crippen molar-refractivity contribution in [1.82, 2.24) is 5.32 Å². The molecule has 0 fully saturated rings. The van der Waals surface area contributed by atoms with E-state index in [2.05, 4.69) is 17.4 Å². The predicted molar refractivity (Wildman–Crippen MR) is 80.7 cm³/mol. The number of nitrogens with one attached hydrogen (secondary N) is 1. The molecule has 0 aliphatic carbocycles. The van der Waals surface area contributed by atoms with Crippen molar-refractivity contribution < 1.29 is 9.53 Å². The minimum atomic E-state index is -0.488. The van der Waals surface area contributed by atoms with Crippen molar-refractivity contribution in [2.24, 2.45) is 0 Å². The molecule has 0 heterocycles. The molecule has 2 aromatic rings. The summed E-state index contributed by atoms with van der Waals surface area (Å²) >= 11 is 0. The van der Waals surface area contributed by atoms with Gasteiger partial charge in [-0.1, -0.05) is 42.5 Å². The average molecular weight is 269 g/mol. The third-order valence-corrected chi connectivity index (χ3v) is 2.99. The molecule has 0 aliphatic heterocycles. The molecule has 20 heavy (non-hydrogen) atoms. The van der Waals surface area contributed by atoms with Crippen LogP contribution in [0.2, 0.25) is 0 Å². The summed E-state index contributed by atoms with van der Waals surface area (Å²) in [4.78, 5) is 11.6. The van der Waals surface area contributed by atoms with Gasteiger partial charge in [0.2, 0.25) is 0 Å². The zero-order valence-corrected chi connectivity index (χ0v) is 11.8. The molecule has 3 nitrogen and oxygen atoms in total. The van der Waals surface area contributed by atoms with Crippen LogP contribution in [0.15, 0.2) is 54.6 Å². The lowest BCUT2D eigenvalue weighted by Gasteiger charge is -2.14. The number of carbonyl (C=O) groups excluding carboxylic acids is 1. The van der Waals surface area contributed by atoms with Crippen molar-refractivity contribution in [2.45, 2.75) is 20.0 Å². The van der Waals surface area contributed by atoms with Gasteiger partial charge >= 0.3 is 0 Å². The van der Waals surface area contributed by atoms with E-state index in [4.69, 9.17) is 4.74 Å². The SMILES string of the molecule is CCNC(=O)[C@@H](C)Oc1ccc(-c2ccccc2)cc1. The van der Waals surface area contributed by atoms with Crippen LogP contribution in [-0.2, 0) is 4.79 Å². The Bertz CT molecular complexity index is 549. The van der Waals surface area contributed by atoms with E-state index in [1.54, 1.807) is 6.92 Å². The van der Waals surface area contributed by atoms with Gasteiger partial charge in [-0.15, -0.1) is 0 Å². The number of carbonyl (C=O) groups is 1. The number of benzene rings is 2. The lowest BCUT2D eigenvalue weighted by molar-refractivity contribution is -0.127. The highest BCUT2D eigenvalue weighted by atomic mass is 16.5. The molecule has 1 N–H and O–H groups in total. The lowest BCUT2D eigenvalue weighted by atomic mass is 10.1. The minimum Gasteiger partial charge on any atom is -0.481 e. The topological polar surface area (TPSA) is 38.3 Å². The first kappa shape index (κ1) is 14.1. The first-order chi connectivity index (χ1) is 9.70.